The lowest BCUT2D eigenvalue weighted by atomic mass is 9.63. The summed E-state index contributed by atoms with van der Waals surface area (Å²) in [4.78, 5) is 38.1. The molecule has 1 spiro atoms. The molecule has 0 radical (unpaired) electrons. The summed E-state index contributed by atoms with van der Waals surface area (Å²) in [7, 11) is -2.16. The van der Waals surface area contributed by atoms with E-state index in [4.69, 9.17) is 21.1 Å². The van der Waals surface area contributed by atoms with Crippen LogP contribution < -0.4 is 14.4 Å². The molecule has 2 bridgehead atoms. The van der Waals surface area contributed by atoms with E-state index in [9.17, 15) is 18.0 Å². The van der Waals surface area contributed by atoms with Crippen molar-refractivity contribution in [1.82, 2.24) is 19.4 Å². The first-order chi connectivity index (χ1) is 30.8. The summed E-state index contributed by atoms with van der Waals surface area (Å²) in [6.07, 6.45) is 10.4. The summed E-state index contributed by atoms with van der Waals surface area (Å²) in [5.74, 6) is 1.27. The molecule has 3 aromatic rings. The molecule has 9 rings (SSSR count). The van der Waals surface area contributed by atoms with Crippen LogP contribution in [0.4, 0.5) is 5.69 Å². The van der Waals surface area contributed by atoms with Crippen LogP contribution in [0.1, 0.15) is 73.9 Å². The van der Waals surface area contributed by atoms with Gasteiger partial charge < -0.3 is 19.3 Å². The first-order valence-electron chi connectivity index (χ1n) is 23.4. The van der Waals surface area contributed by atoms with Crippen molar-refractivity contribution in [3.63, 3.8) is 0 Å². The molecular formula is C50H64ClN5O6S2. The zero-order valence-electron chi connectivity index (χ0n) is 37.6. The number of rotatable bonds is 7. The van der Waals surface area contributed by atoms with Crippen LogP contribution in [0.15, 0.2) is 83.8 Å². The summed E-state index contributed by atoms with van der Waals surface area (Å²) in [5, 5.41) is -0.0802. The third-order valence-corrected chi connectivity index (χ3v) is 18.7. The van der Waals surface area contributed by atoms with Crippen molar-refractivity contribution < 1.29 is 27.5 Å². The predicted octanol–water partition coefficient (Wildman–Crippen LogP) is 7.28. The average Bonchev–Trinajstić information content (AvgIpc) is 3.43. The zero-order valence-corrected chi connectivity index (χ0v) is 39.9. The predicted molar refractivity (Wildman–Crippen MR) is 255 cm³/mol. The van der Waals surface area contributed by atoms with Crippen molar-refractivity contribution >= 4 is 50.9 Å². The Morgan fingerprint density at radius 1 is 1.00 bits per heavy atom. The number of fused-ring (bicyclic) bond motifs is 5. The number of sulfonamides is 1. The molecular weight excluding hydrogens is 866 g/mol. The number of amides is 2. The van der Waals surface area contributed by atoms with Gasteiger partial charge in [0.15, 0.2) is 0 Å². The standard InChI is InChI=1S/C50H64ClN5O6S2/c1-35-9-7-21-50(61-3,33-53-22-23-54-24-25-55(31-41(54)30-53)47(57)19-26-63-42-11-5-4-6-12-42)44-16-13-39(44)29-56-32-49(20-8-10-37-27-40(51)15-17-43(37)49)34-62-46-18-14-38(28-45(46)56)48(58)52-64(59,60)36(35)2/h4-7,11-12,14-15,17-18,21,27-28,35-36,39,41,44H,8-10,13,16,19-20,22-26,29-34H2,1-3H3,(H,52,58)/b21-7+/t35-,36+,39-,41-,44+,49-,50+/m0/s1. The minimum Gasteiger partial charge on any atom is -0.490 e. The summed E-state index contributed by atoms with van der Waals surface area (Å²) >= 11 is 8.29. The monoisotopic (exact) mass is 929 g/mol. The molecule has 0 unspecified atom stereocenters. The zero-order chi connectivity index (χ0) is 44.6. The van der Waals surface area contributed by atoms with Gasteiger partial charge in [-0.2, -0.15) is 0 Å². The number of aryl methyl sites for hydroxylation is 1. The Kier molecular flexibility index (Phi) is 13.5. The number of hydrogen-bond acceptors (Lipinski definition) is 10. The highest BCUT2D eigenvalue weighted by Gasteiger charge is 2.50. The van der Waals surface area contributed by atoms with Crippen LogP contribution in [0.25, 0.3) is 0 Å². The highest BCUT2D eigenvalue weighted by molar-refractivity contribution is 7.99. The number of anilines is 1. The fourth-order valence-electron chi connectivity index (χ4n) is 11.5. The molecule has 2 amide bonds. The number of hydrogen-bond donors (Lipinski definition) is 1. The smallest absolute Gasteiger partial charge is 0.264 e. The molecule has 64 heavy (non-hydrogen) atoms. The van der Waals surface area contributed by atoms with Crippen molar-refractivity contribution in [2.75, 3.05) is 83.3 Å². The number of carbonyl (C=O) groups is 2. The second-order valence-corrected chi connectivity index (χ2v) is 23.0. The second-order valence-electron chi connectivity index (χ2n) is 19.4. The molecule has 4 aliphatic heterocycles. The van der Waals surface area contributed by atoms with E-state index < -0.39 is 26.8 Å². The van der Waals surface area contributed by atoms with Crippen molar-refractivity contribution in [3.05, 3.63) is 101 Å². The van der Waals surface area contributed by atoms with Crippen molar-refractivity contribution in [2.24, 2.45) is 17.8 Å². The minimum absolute atomic E-state index is 0.190. The Morgan fingerprint density at radius 2 is 1.83 bits per heavy atom. The third-order valence-electron chi connectivity index (χ3n) is 15.5. The summed E-state index contributed by atoms with van der Waals surface area (Å²) in [6, 6.07) is 22.1. The van der Waals surface area contributed by atoms with Crippen LogP contribution in [0.2, 0.25) is 5.02 Å². The quantitative estimate of drug-likeness (QED) is 0.192. The van der Waals surface area contributed by atoms with Gasteiger partial charge >= 0.3 is 0 Å². The van der Waals surface area contributed by atoms with Gasteiger partial charge in [-0.3, -0.25) is 19.4 Å². The van der Waals surface area contributed by atoms with Crippen LogP contribution in [0.3, 0.4) is 0 Å². The number of halogens is 1. The highest BCUT2D eigenvalue weighted by atomic mass is 35.5. The first kappa shape index (κ1) is 45.6. The first-order valence-corrected chi connectivity index (χ1v) is 26.3. The van der Waals surface area contributed by atoms with Crippen LogP contribution >= 0.6 is 23.4 Å². The number of carbonyl (C=O) groups excluding carboxylic acids is 2. The van der Waals surface area contributed by atoms with Crippen molar-refractivity contribution in [1.29, 1.82) is 0 Å². The molecule has 6 aliphatic rings. The van der Waals surface area contributed by atoms with E-state index in [0.29, 0.717) is 43.9 Å². The second kappa shape index (κ2) is 19.0. The van der Waals surface area contributed by atoms with E-state index in [2.05, 4.69) is 60.7 Å². The topological polar surface area (TPSA) is 112 Å². The Balaban J connectivity index is 0.999. The lowest BCUT2D eigenvalue weighted by Gasteiger charge is -2.53. The summed E-state index contributed by atoms with van der Waals surface area (Å²) in [6.45, 7) is 11.3. The summed E-state index contributed by atoms with van der Waals surface area (Å²) < 4.78 is 43.6. The number of piperazine rings is 2. The van der Waals surface area contributed by atoms with Crippen LogP contribution in [-0.4, -0.2) is 130 Å². The number of nitrogens with zero attached hydrogens (tertiary/aromatic N) is 4. The van der Waals surface area contributed by atoms with Gasteiger partial charge in [-0.25, -0.2) is 13.1 Å². The molecule has 11 nitrogen and oxygen atoms in total. The normalized spacial score (nSPS) is 31.3. The van der Waals surface area contributed by atoms with E-state index in [0.717, 1.165) is 94.4 Å². The third kappa shape index (κ3) is 9.36. The lowest BCUT2D eigenvalue weighted by molar-refractivity contribution is -0.136. The Labute approximate surface area is 389 Å². The van der Waals surface area contributed by atoms with Crippen LogP contribution in [-0.2, 0) is 31.4 Å². The maximum atomic E-state index is 13.8. The number of benzene rings is 3. The van der Waals surface area contributed by atoms with Gasteiger partial charge in [0, 0.05) is 105 Å². The fourth-order valence-corrected chi connectivity index (χ4v) is 13.8. The van der Waals surface area contributed by atoms with E-state index in [1.54, 1.807) is 24.8 Å². The molecule has 1 saturated carbocycles. The van der Waals surface area contributed by atoms with Gasteiger partial charge in [0.05, 0.1) is 17.5 Å². The van der Waals surface area contributed by atoms with Gasteiger partial charge in [-0.05, 0) is 117 Å². The fraction of sp³-hybridized carbons (Fsp3) is 0.560. The minimum atomic E-state index is -4.00. The Bertz CT molecular complexity index is 2340. The molecule has 14 heteroatoms. The van der Waals surface area contributed by atoms with Crippen molar-refractivity contribution in [3.8, 4) is 5.75 Å². The molecule has 4 heterocycles. The average molecular weight is 931 g/mol. The maximum absolute atomic E-state index is 13.8. The molecule has 2 saturated heterocycles. The van der Waals surface area contributed by atoms with Gasteiger partial charge in [-0.1, -0.05) is 54.9 Å². The SMILES string of the molecule is CO[C@@]1(CN2CCN3CCN(C(=O)CCSc4ccccc4)C[C@@H]3C2)/C=C/C[C@H](C)[C@@H](C)S(=O)(=O)NC(=O)c2ccc3c(c2)N(C[C@@H]2CC[C@H]21)C[C@@]1(CCCc2cc(Cl)ccc21)CO3. The number of ether oxygens (including phenoxy) is 2. The molecule has 1 N–H and O–H groups in total. The Hall–Kier alpha value is -3.59. The van der Waals surface area contributed by atoms with Crippen LogP contribution in [0.5, 0.6) is 5.75 Å². The number of nitrogens with one attached hydrogen (secondary N) is 1. The highest BCUT2D eigenvalue weighted by Crippen LogP contribution is 2.49. The maximum Gasteiger partial charge on any atom is 0.264 e. The van der Waals surface area contributed by atoms with E-state index >= 15 is 0 Å². The molecule has 344 valence electrons. The molecule has 3 aromatic carbocycles. The van der Waals surface area contributed by atoms with Gasteiger partial charge in [-0.15, -0.1) is 11.8 Å². The van der Waals surface area contributed by atoms with E-state index in [-0.39, 0.29) is 35.1 Å². The van der Waals surface area contributed by atoms with Crippen molar-refractivity contribution in [2.45, 2.75) is 86.0 Å². The number of methoxy groups -OCH3 is 1. The lowest BCUT2D eigenvalue weighted by Crippen LogP contribution is -2.65. The summed E-state index contributed by atoms with van der Waals surface area (Å²) in [5.41, 5.74) is 2.70. The molecule has 7 atom stereocenters. The van der Waals surface area contributed by atoms with E-state index in [1.807, 2.05) is 50.4 Å². The van der Waals surface area contributed by atoms with Crippen LogP contribution in [0, 0.1) is 17.8 Å². The molecule has 2 aliphatic carbocycles. The molecule has 0 aromatic heterocycles. The Morgan fingerprint density at radius 3 is 2.62 bits per heavy atom. The van der Waals surface area contributed by atoms with E-state index in [1.165, 1.54) is 16.0 Å². The largest absolute Gasteiger partial charge is 0.490 e. The number of allylic oxidation sites excluding steroid dienone is 1. The van der Waals surface area contributed by atoms with Gasteiger partial charge in [0.1, 0.15) is 11.4 Å². The molecule has 3 fully saturated rings. The van der Waals surface area contributed by atoms with Gasteiger partial charge in [0.2, 0.25) is 15.9 Å². The van der Waals surface area contributed by atoms with Gasteiger partial charge in [0.25, 0.3) is 5.91 Å². The number of thioether (sulfide) groups is 1.